The topological polar surface area (TPSA) is 107 Å². The van der Waals surface area contributed by atoms with Crippen molar-refractivity contribution in [3.63, 3.8) is 0 Å². The molecule has 0 saturated heterocycles. The third kappa shape index (κ3) is 5.38. The quantitative estimate of drug-likeness (QED) is 0.577. The zero-order valence-electron chi connectivity index (χ0n) is 18.0. The molecule has 2 aromatic rings. The predicted octanol–water partition coefficient (Wildman–Crippen LogP) is 3.08. The zero-order valence-corrected chi connectivity index (χ0v) is 20.5. The van der Waals surface area contributed by atoms with Crippen LogP contribution < -0.4 is 19.5 Å². The van der Waals surface area contributed by atoms with Crippen LogP contribution in [0.4, 0.5) is 5.13 Å². The smallest absolute Gasteiger partial charge is 0.244 e. The SMILES string of the molecule is CSCC[C@H](NS(=O)(=O)c1ccc2c(c1)OCCO2)C(=O)Nc1nc2c(s1)C[C@H](C)CC2. The highest BCUT2D eigenvalue weighted by Gasteiger charge is 2.28. The van der Waals surface area contributed by atoms with Crippen LogP contribution in [0.15, 0.2) is 23.1 Å². The summed E-state index contributed by atoms with van der Waals surface area (Å²) in [6, 6.07) is 3.54. The Morgan fingerprint density at radius 3 is 2.88 bits per heavy atom. The van der Waals surface area contributed by atoms with Crippen molar-refractivity contribution in [2.24, 2.45) is 5.92 Å². The van der Waals surface area contributed by atoms with E-state index in [1.165, 1.54) is 28.3 Å². The van der Waals surface area contributed by atoms with E-state index in [4.69, 9.17) is 9.47 Å². The fraction of sp³-hybridized carbons (Fsp3) is 0.524. The summed E-state index contributed by atoms with van der Waals surface area (Å²) in [5.74, 6) is 1.73. The Bertz CT molecular complexity index is 1090. The summed E-state index contributed by atoms with van der Waals surface area (Å²) < 4.78 is 39.6. The Kier molecular flexibility index (Phi) is 7.28. The number of benzene rings is 1. The number of carbonyl (C=O) groups excluding carboxylic acids is 1. The van der Waals surface area contributed by atoms with Gasteiger partial charge in [0.25, 0.3) is 0 Å². The van der Waals surface area contributed by atoms with E-state index in [0.717, 1.165) is 25.0 Å². The fourth-order valence-corrected chi connectivity index (χ4v) is 6.60. The normalized spacial score (nSPS) is 18.6. The number of aromatic nitrogens is 1. The van der Waals surface area contributed by atoms with Crippen molar-refractivity contribution >= 4 is 44.2 Å². The van der Waals surface area contributed by atoms with Gasteiger partial charge < -0.3 is 14.8 Å². The van der Waals surface area contributed by atoms with Crippen molar-refractivity contribution in [2.45, 2.75) is 43.5 Å². The van der Waals surface area contributed by atoms with Crippen molar-refractivity contribution < 1.29 is 22.7 Å². The molecule has 2 aliphatic rings. The summed E-state index contributed by atoms with van der Waals surface area (Å²) in [5, 5.41) is 3.36. The largest absolute Gasteiger partial charge is 0.486 e. The van der Waals surface area contributed by atoms with Gasteiger partial charge in [-0.05, 0) is 55.7 Å². The van der Waals surface area contributed by atoms with Gasteiger partial charge in [0.1, 0.15) is 19.3 Å². The van der Waals surface area contributed by atoms with Crippen LogP contribution in [0.2, 0.25) is 0 Å². The molecular weight excluding hydrogens is 470 g/mol. The van der Waals surface area contributed by atoms with Gasteiger partial charge in [0.2, 0.25) is 15.9 Å². The molecule has 0 spiro atoms. The summed E-state index contributed by atoms with van der Waals surface area (Å²) in [6.07, 6.45) is 5.25. The van der Waals surface area contributed by atoms with Crippen LogP contribution in [0.5, 0.6) is 11.5 Å². The molecule has 0 fully saturated rings. The first-order valence-corrected chi connectivity index (χ1v) is 14.3. The fourth-order valence-electron chi connectivity index (χ4n) is 3.71. The van der Waals surface area contributed by atoms with Gasteiger partial charge in [-0.25, -0.2) is 13.4 Å². The van der Waals surface area contributed by atoms with E-state index in [9.17, 15) is 13.2 Å². The summed E-state index contributed by atoms with van der Waals surface area (Å²) >= 11 is 3.03. The molecule has 0 unspecified atom stereocenters. The van der Waals surface area contributed by atoms with Crippen LogP contribution in [0.3, 0.4) is 0 Å². The van der Waals surface area contributed by atoms with E-state index in [-0.39, 0.29) is 4.90 Å². The number of aryl methyl sites for hydroxylation is 1. The van der Waals surface area contributed by atoms with Crippen molar-refractivity contribution in [3.05, 3.63) is 28.8 Å². The highest BCUT2D eigenvalue weighted by molar-refractivity contribution is 7.98. The monoisotopic (exact) mass is 497 g/mol. The molecule has 0 bridgehead atoms. The highest BCUT2D eigenvalue weighted by atomic mass is 32.2. The standard InChI is InChI=1S/C21H27N3O5S3/c1-13-3-5-15-19(11-13)31-21(22-15)23-20(25)16(7-10-30-2)24-32(26,27)14-4-6-17-18(12-14)29-9-8-28-17/h4,6,12-13,16,24H,3,5,7-11H2,1-2H3,(H,22,23,25)/t13-,16+/m1/s1. The van der Waals surface area contributed by atoms with Gasteiger partial charge in [0, 0.05) is 10.9 Å². The number of hydrogen-bond acceptors (Lipinski definition) is 8. The lowest BCUT2D eigenvalue weighted by atomic mass is 9.93. The lowest BCUT2D eigenvalue weighted by Crippen LogP contribution is -2.44. The highest BCUT2D eigenvalue weighted by Crippen LogP contribution is 2.33. The molecule has 1 aliphatic heterocycles. The third-order valence-electron chi connectivity index (χ3n) is 5.46. The minimum atomic E-state index is -3.94. The molecule has 0 radical (unpaired) electrons. The number of carbonyl (C=O) groups is 1. The average Bonchev–Trinajstić information content (AvgIpc) is 3.17. The van der Waals surface area contributed by atoms with E-state index < -0.39 is 22.0 Å². The minimum absolute atomic E-state index is 0.0300. The first-order valence-electron chi connectivity index (χ1n) is 10.6. The number of sulfonamides is 1. The number of ether oxygens (including phenoxy) is 2. The first kappa shape index (κ1) is 23.3. The van der Waals surface area contributed by atoms with Crippen molar-refractivity contribution in [1.29, 1.82) is 0 Å². The number of anilines is 1. The number of nitrogens with zero attached hydrogens (tertiary/aromatic N) is 1. The van der Waals surface area contributed by atoms with Crippen LogP contribution in [0.1, 0.15) is 30.3 Å². The van der Waals surface area contributed by atoms with Crippen LogP contribution in [-0.4, -0.2) is 50.6 Å². The second-order valence-corrected chi connectivity index (χ2v) is 11.8. The molecular formula is C21H27N3O5S3. The van der Waals surface area contributed by atoms with Gasteiger partial charge in [-0.15, -0.1) is 11.3 Å². The van der Waals surface area contributed by atoms with Gasteiger partial charge in [-0.2, -0.15) is 16.5 Å². The average molecular weight is 498 g/mol. The molecule has 32 heavy (non-hydrogen) atoms. The number of thioether (sulfide) groups is 1. The Balaban J connectivity index is 1.49. The third-order valence-corrected chi connectivity index (χ3v) is 8.61. The van der Waals surface area contributed by atoms with Gasteiger partial charge >= 0.3 is 0 Å². The van der Waals surface area contributed by atoms with Gasteiger partial charge in [0.15, 0.2) is 16.6 Å². The molecule has 2 heterocycles. The molecule has 2 atom stereocenters. The molecule has 2 N–H and O–H groups in total. The van der Waals surface area contributed by atoms with Crippen molar-refractivity contribution in [2.75, 3.05) is 30.5 Å². The predicted molar refractivity (Wildman–Crippen MR) is 126 cm³/mol. The second-order valence-electron chi connectivity index (χ2n) is 7.99. The van der Waals surface area contributed by atoms with Crippen LogP contribution in [0.25, 0.3) is 0 Å². The maximum absolute atomic E-state index is 13.0. The Morgan fingerprint density at radius 2 is 2.09 bits per heavy atom. The zero-order chi connectivity index (χ0) is 22.7. The van der Waals surface area contributed by atoms with E-state index in [2.05, 4.69) is 21.9 Å². The van der Waals surface area contributed by atoms with E-state index in [1.54, 1.807) is 17.8 Å². The van der Waals surface area contributed by atoms with Crippen LogP contribution >= 0.6 is 23.1 Å². The van der Waals surface area contributed by atoms with E-state index in [1.807, 2.05) is 6.26 Å². The van der Waals surface area contributed by atoms with E-state index >= 15 is 0 Å². The van der Waals surface area contributed by atoms with Crippen LogP contribution in [-0.2, 0) is 27.7 Å². The summed E-state index contributed by atoms with van der Waals surface area (Å²) in [5.41, 5.74) is 1.04. The number of hydrogen-bond donors (Lipinski definition) is 2. The van der Waals surface area contributed by atoms with E-state index in [0.29, 0.717) is 47.9 Å². The second kappa shape index (κ2) is 9.98. The van der Waals surface area contributed by atoms with Gasteiger partial charge in [-0.3, -0.25) is 4.79 Å². The molecule has 0 saturated carbocycles. The molecule has 8 nitrogen and oxygen atoms in total. The maximum Gasteiger partial charge on any atom is 0.244 e. The summed E-state index contributed by atoms with van der Waals surface area (Å²) in [7, 11) is -3.94. The molecule has 1 amide bonds. The van der Waals surface area contributed by atoms with Gasteiger partial charge in [-0.1, -0.05) is 6.92 Å². The Labute approximate surface area is 196 Å². The van der Waals surface area contributed by atoms with Crippen molar-refractivity contribution in [1.82, 2.24) is 9.71 Å². The number of nitrogens with one attached hydrogen (secondary N) is 2. The molecule has 1 aromatic carbocycles. The molecule has 4 rings (SSSR count). The summed E-state index contributed by atoms with van der Waals surface area (Å²) in [4.78, 5) is 18.8. The van der Waals surface area contributed by atoms with Crippen LogP contribution in [0, 0.1) is 5.92 Å². The lowest BCUT2D eigenvalue weighted by Gasteiger charge is -2.20. The summed E-state index contributed by atoms with van der Waals surface area (Å²) in [6.45, 7) is 3.00. The lowest BCUT2D eigenvalue weighted by molar-refractivity contribution is -0.117. The first-order chi connectivity index (χ1) is 15.4. The van der Waals surface area contributed by atoms with Crippen molar-refractivity contribution in [3.8, 4) is 11.5 Å². The number of thiazole rings is 1. The molecule has 11 heteroatoms. The number of amides is 1. The number of fused-ring (bicyclic) bond motifs is 2. The number of rotatable bonds is 8. The molecule has 1 aromatic heterocycles. The molecule has 174 valence electrons. The molecule has 1 aliphatic carbocycles. The maximum atomic E-state index is 13.0. The Hall–Kier alpha value is -1.82. The van der Waals surface area contributed by atoms with Gasteiger partial charge in [0.05, 0.1) is 10.6 Å². The minimum Gasteiger partial charge on any atom is -0.486 e. The Morgan fingerprint density at radius 1 is 1.31 bits per heavy atom.